The predicted octanol–water partition coefficient (Wildman–Crippen LogP) is 2.98. The van der Waals surface area contributed by atoms with E-state index < -0.39 is 0 Å². The van der Waals surface area contributed by atoms with E-state index in [1.54, 1.807) is 22.9 Å². The summed E-state index contributed by atoms with van der Waals surface area (Å²) in [5.74, 6) is 1.48. The Hall–Kier alpha value is -3.22. The molecule has 0 aliphatic heterocycles. The standard InChI is InChI=1S/C20H24N6O/c1-13(2)11-17(19-22-12-23-26(19)3)25-20(27)15-9-7-14(8-10-15)16-5-4-6-18(21)24-16/h4-10,12-13,17H,11H2,1-3H3,(H2,21,24)(H,25,27)/t17-/m1/s1. The van der Waals surface area contributed by atoms with E-state index in [2.05, 4.69) is 34.2 Å². The maximum atomic E-state index is 12.7. The van der Waals surface area contributed by atoms with Crippen LogP contribution in [0.1, 0.15) is 42.5 Å². The van der Waals surface area contributed by atoms with Crippen molar-refractivity contribution in [3.63, 3.8) is 0 Å². The third-order valence-electron chi connectivity index (χ3n) is 4.28. The molecule has 1 atom stereocenters. The van der Waals surface area contributed by atoms with Crippen LogP contribution in [0.4, 0.5) is 5.82 Å². The van der Waals surface area contributed by atoms with Gasteiger partial charge in [0.15, 0.2) is 0 Å². The summed E-state index contributed by atoms with van der Waals surface area (Å²) in [6.07, 6.45) is 2.28. The smallest absolute Gasteiger partial charge is 0.251 e. The Morgan fingerprint density at radius 3 is 2.52 bits per heavy atom. The van der Waals surface area contributed by atoms with Crippen molar-refractivity contribution < 1.29 is 4.79 Å². The second kappa shape index (κ2) is 7.99. The third-order valence-corrected chi connectivity index (χ3v) is 4.28. The molecule has 3 aromatic rings. The molecule has 0 fully saturated rings. The minimum absolute atomic E-state index is 0.143. The highest BCUT2D eigenvalue weighted by atomic mass is 16.1. The quantitative estimate of drug-likeness (QED) is 0.700. The number of pyridine rings is 1. The number of rotatable bonds is 6. The number of nitrogens with zero attached hydrogens (tertiary/aromatic N) is 4. The third kappa shape index (κ3) is 4.49. The van der Waals surface area contributed by atoms with Gasteiger partial charge in [0.2, 0.25) is 0 Å². The molecule has 140 valence electrons. The number of carbonyl (C=O) groups is 1. The lowest BCUT2D eigenvalue weighted by atomic mass is 10.0. The molecule has 2 aromatic heterocycles. The van der Waals surface area contributed by atoms with Crippen molar-refractivity contribution in [3.8, 4) is 11.3 Å². The number of aryl methyl sites for hydroxylation is 1. The van der Waals surface area contributed by atoms with Crippen molar-refractivity contribution >= 4 is 11.7 Å². The Morgan fingerprint density at radius 1 is 1.19 bits per heavy atom. The van der Waals surface area contributed by atoms with Gasteiger partial charge < -0.3 is 11.1 Å². The molecular formula is C20H24N6O. The average Bonchev–Trinajstić information content (AvgIpc) is 3.07. The van der Waals surface area contributed by atoms with Crippen LogP contribution in [0.3, 0.4) is 0 Å². The number of amides is 1. The van der Waals surface area contributed by atoms with Crippen LogP contribution in [0.5, 0.6) is 0 Å². The fourth-order valence-electron chi connectivity index (χ4n) is 2.97. The van der Waals surface area contributed by atoms with Gasteiger partial charge in [-0.3, -0.25) is 9.48 Å². The summed E-state index contributed by atoms with van der Waals surface area (Å²) in [6, 6.07) is 12.6. The number of anilines is 1. The van der Waals surface area contributed by atoms with Crippen LogP contribution in [0.15, 0.2) is 48.8 Å². The SMILES string of the molecule is CC(C)C[C@@H](NC(=O)c1ccc(-c2cccc(N)n2)cc1)c1ncnn1C. The first kappa shape index (κ1) is 18.6. The average molecular weight is 364 g/mol. The van der Waals surface area contributed by atoms with Gasteiger partial charge in [0.05, 0.1) is 11.7 Å². The number of nitrogens with one attached hydrogen (secondary N) is 1. The van der Waals surface area contributed by atoms with Crippen LogP contribution in [0, 0.1) is 5.92 Å². The number of nitrogen functional groups attached to an aromatic ring is 1. The topological polar surface area (TPSA) is 98.7 Å². The normalized spacial score (nSPS) is 12.1. The molecule has 0 saturated heterocycles. The Morgan fingerprint density at radius 2 is 1.93 bits per heavy atom. The molecule has 0 aliphatic rings. The molecule has 0 saturated carbocycles. The van der Waals surface area contributed by atoms with Gasteiger partial charge >= 0.3 is 0 Å². The summed E-state index contributed by atoms with van der Waals surface area (Å²) in [5.41, 5.74) is 8.01. The van der Waals surface area contributed by atoms with Gasteiger partial charge in [-0.1, -0.05) is 32.0 Å². The van der Waals surface area contributed by atoms with Crippen molar-refractivity contribution in [1.82, 2.24) is 25.1 Å². The first-order valence-corrected chi connectivity index (χ1v) is 8.91. The number of carbonyl (C=O) groups excluding carboxylic acids is 1. The van der Waals surface area contributed by atoms with Crippen LogP contribution in [-0.4, -0.2) is 25.7 Å². The number of hydrogen-bond acceptors (Lipinski definition) is 5. The molecule has 1 amide bonds. The van der Waals surface area contributed by atoms with Crippen LogP contribution < -0.4 is 11.1 Å². The summed E-state index contributed by atoms with van der Waals surface area (Å²) in [6.45, 7) is 4.23. The maximum Gasteiger partial charge on any atom is 0.251 e. The number of nitrogens with two attached hydrogens (primary N) is 1. The summed E-state index contributed by atoms with van der Waals surface area (Å²) < 4.78 is 1.70. The second-order valence-corrected chi connectivity index (χ2v) is 6.92. The molecule has 0 bridgehead atoms. The minimum atomic E-state index is -0.194. The Bertz CT molecular complexity index is 916. The zero-order chi connectivity index (χ0) is 19.4. The largest absolute Gasteiger partial charge is 0.384 e. The fraction of sp³-hybridized carbons (Fsp3) is 0.300. The fourth-order valence-corrected chi connectivity index (χ4v) is 2.97. The zero-order valence-electron chi connectivity index (χ0n) is 15.8. The van der Waals surface area contributed by atoms with Gasteiger partial charge in [0, 0.05) is 18.2 Å². The van der Waals surface area contributed by atoms with Gasteiger partial charge in [-0.05, 0) is 36.6 Å². The number of hydrogen-bond donors (Lipinski definition) is 2. The van der Waals surface area contributed by atoms with E-state index in [1.807, 2.05) is 31.3 Å². The van der Waals surface area contributed by atoms with Crippen LogP contribution in [0.2, 0.25) is 0 Å². The Kier molecular flexibility index (Phi) is 5.49. The van der Waals surface area contributed by atoms with Gasteiger partial charge in [0.1, 0.15) is 18.0 Å². The van der Waals surface area contributed by atoms with Gasteiger partial charge in [-0.2, -0.15) is 5.10 Å². The van der Waals surface area contributed by atoms with E-state index in [4.69, 9.17) is 5.73 Å². The molecule has 27 heavy (non-hydrogen) atoms. The Balaban J connectivity index is 1.77. The summed E-state index contributed by atoms with van der Waals surface area (Å²) in [7, 11) is 1.83. The first-order valence-electron chi connectivity index (χ1n) is 8.91. The van der Waals surface area contributed by atoms with E-state index in [9.17, 15) is 4.79 Å². The lowest BCUT2D eigenvalue weighted by Gasteiger charge is -2.20. The molecule has 3 N–H and O–H groups in total. The van der Waals surface area contributed by atoms with E-state index in [0.717, 1.165) is 23.5 Å². The van der Waals surface area contributed by atoms with Crippen molar-refractivity contribution in [3.05, 3.63) is 60.2 Å². The monoisotopic (exact) mass is 364 g/mol. The Labute approximate surface area is 158 Å². The van der Waals surface area contributed by atoms with Crippen molar-refractivity contribution in [2.75, 3.05) is 5.73 Å². The molecule has 0 unspecified atom stereocenters. The lowest BCUT2D eigenvalue weighted by molar-refractivity contribution is 0.0929. The minimum Gasteiger partial charge on any atom is -0.384 e. The van der Waals surface area contributed by atoms with Crippen molar-refractivity contribution in [2.24, 2.45) is 13.0 Å². The van der Waals surface area contributed by atoms with Crippen molar-refractivity contribution in [2.45, 2.75) is 26.3 Å². The van der Waals surface area contributed by atoms with E-state index in [0.29, 0.717) is 17.3 Å². The molecule has 3 rings (SSSR count). The van der Waals surface area contributed by atoms with Crippen LogP contribution in [-0.2, 0) is 7.05 Å². The highest BCUT2D eigenvalue weighted by molar-refractivity contribution is 5.94. The molecule has 1 aromatic carbocycles. The highest BCUT2D eigenvalue weighted by Gasteiger charge is 2.21. The van der Waals surface area contributed by atoms with Gasteiger partial charge in [-0.25, -0.2) is 9.97 Å². The second-order valence-electron chi connectivity index (χ2n) is 6.92. The van der Waals surface area contributed by atoms with E-state index in [-0.39, 0.29) is 11.9 Å². The maximum absolute atomic E-state index is 12.7. The number of aromatic nitrogens is 4. The molecule has 0 aliphatic carbocycles. The van der Waals surface area contributed by atoms with Gasteiger partial charge in [-0.15, -0.1) is 0 Å². The summed E-state index contributed by atoms with van der Waals surface area (Å²) in [4.78, 5) is 21.3. The summed E-state index contributed by atoms with van der Waals surface area (Å²) in [5, 5.41) is 7.19. The molecule has 2 heterocycles. The van der Waals surface area contributed by atoms with Gasteiger partial charge in [0.25, 0.3) is 5.91 Å². The van der Waals surface area contributed by atoms with Crippen LogP contribution in [0.25, 0.3) is 11.3 Å². The molecule has 7 heteroatoms. The zero-order valence-corrected chi connectivity index (χ0v) is 15.8. The first-order chi connectivity index (χ1) is 12.9. The number of benzene rings is 1. The lowest BCUT2D eigenvalue weighted by Crippen LogP contribution is -2.31. The van der Waals surface area contributed by atoms with E-state index >= 15 is 0 Å². The molecule has 0 spiro atoms. The molecular weight excluding hydrogens is 340 g/mol. The summed E-state index contributed by atoms with van der Waals surface area (Å²) >= 11 is 0. The molecule has 0 radical (unpaired) electrons. The van der Waals surface area contributed by atoms with E-state index in [1.165, 1.54) is 6.33 Å². The van der Waals surface area contributed by atoms with Crippen LogP contribution >= 0.6 is 0 Å². The highest BCUT2D eigenvalue weighted by Crippen LogP contribution is 2.21. The van der Waals surface area contributed by atoms with Crippen molar-refractivity contribution in [1.29, 1.82) is 0 Å². The molecule has 7 nitrogen and oxygen atoms in total. The predicted molar refractivity (Wildman–Crippen MR) is 105 cm³/mol.